The van der Waals surface area contributed by atoms with Gasteiger partial charge in [0, 0.05) is 36.6 Å². The Morgan fingerprint density at radius 2 is 1.67 bits per heavy atom. The molecule has 3 rings (SSSR count). The number of benzene rings is 2. The number of nitrogens with one attached hydrogen (secondary N) is 4. The van der Waals surface area contributed by atoms with Crippen LogP contribution in [0.5, 0.6) is 5.75 Å². The van der Waals surface area contributed by atoms with Gasteiger partial charge in [0.05, 0.1) is 23.3 Å². The summed E-state index contributed by atoms with van der Waals surface area (Å²) in [4.78, 5) is 28.3. The van der Waals surface area contributed by atoms with Crippen LogP contribution in [0.25, 0.3) is 21.8 Å². The molecule has 27 heavy (non-hydrogen) atoms. The lowest BCUT2D eigenvalue weighted by Crippen LogP contribution is -2.25. The summed E-state index contributed by atoms with van der Waals surface area (Å²) >= 11 is 0. The first kappa shape index (κ1) is 18.2. The number of amides is 4. The van der Waals surface area contributed by atoms with Gasteiger partial charge in [-0.05, 0) is 37.3 Å². The first-order chi connectivity index (χ1) is 13.0. The standard InChI is InChI=1S/C19H21N5O3/c1-4-27-12-6-7-13-16(10-12)23-15-8-5-11(22-18(25)20-2)9-14(15)17(13)24-19(26)21-3/h5-10H,4H2,1-3H3,(H2,20,22,25)(H2,21,23,24,26). The molecular weight excluding hydrogens is 346 g/mol. The molecule has 0 unspecified atom stereocenters. The molecule has 0 saturated carbocycles. The Kier molecular flexibility index (Phi) is 5.25. The number of hydrogen-bond acceptors (Lipinski definition) is 4. The lowest BCUT2D eigenvalue weighted by Gasteiger charge is -2.14. The second kappa shape index (κ2) is 7.77. The molecule has 0 atom stereocenters. The molecule has 0 saturated heterocycles. The molecule has 4 amide bonds. The normalized spacial score (nSPS) is 10.5. The number of ether oxygens (including phenoxy) is 1. The molecular formula is C19H21N5O3. The van der Waals surface area contributed by atoms with Crippen LogP contribution in [0.15, 0.2) is 36.4 Å². The van der Waals surface area contributed by atoms with E-state index in [0.29, 0.717) is 40.2 Å². The Balaban J connectivity index is 2.21. The predicted molar refractivity (Wildman–Crippen MR) is 107 cm³/mol. The van der Waals surface area contributed by atoms with Gasteiger partial charge in [0.2, 0.25) is 0 Å². The number of carbonyl (C=O) groups is 2. The van der Waals surface area contributed by atoms with E-state index in [4.69, 9.17) is 4.74 Å². The van der Waals surface area contributed by atoms with E-state index in [2.05, 4.69) is 26.3 Å². The SMILES string of the molecule is CCOc1ccc2c(NC(=O)NC)c3cc(NC(=O)NC)ccc3nc2c1. The third-order valence-corrected chi connectivity index (χ3v) is 4.01. The van der Waals surface area contributed by atoms with Crippen molar-refractivity contribution < 1.29 is 14.3 Å². The lowest BCUT2D eigenvalue weighted by atomic mass is 10.1. The number of aromatic nitrogens is 1. The van der Waals surface area contributed by atoms with Gasteiger partial charge in [-0.15, -0.1) is 0 Å². The maximum atomic E-state index is 12.0. The molecule has 0 radical (unpaired) electrons. The van der Waals surface area contributed by atoms with Crippen molar-refractivity contribution in [1.29, 1.82) is 0 Å². The van der Waals surface area contributed by atoms with Crippen molar-refractivity contribution in [1.82, 2.24) is 15.6 Å². The fraction of sp³-hybridized carbons (Fsp3) is 0.211. The monoisotopic (exact) mass is 367 g/mol. The van der Waals surface area contributed by atoms with E-state index in [1.807, 2.05) is 25.1 Å². The smallest absolute Gasteiger partial charge is 0.319 e. The molecule has 2 aromatic carbocycles. The van der Waals surface area contributed by atoms with Crippen LogP contribution in [0.1, 0.15) is 6.92 Å². The first-order valence-corrected chi connectivity index (χ1v) is 8.53. The number of nitrogens with zero attached hydrogens (tertiary/aromatic N) is 1. The Bertz CT molecular complexity index is 1020. The summed E-state index contributed by atoms with van der Waals surface area (Å²) in [5.74, 6) is 0.709. The molecule has 0 aliphatic rings. The van der Waals surface area contributed by atoms with Crippen molar-refractivity contribution in [3.8, 4) is 5.75 Å². The van der Waals surface area contributed by atoms with Crippen LogP contribution in [-0.4, -0.2) is 37.7 Å². The van der Waals surface area contributed by atoms with Gasteiger partial charge in [0.15, 0.2) is 0 Å². The van der Waals surface area contributed by atoms with Gasteiger partial charge in [0.1, 0.15) is 5.75 Å². The quantitative estimate of drug-likeness (QED) is 0.531. The molecule has 8 nitrogen and oxygen atoms in total. The summed E-state index contributed by atoms with van der Waals surface area (Å²) in [5, 5.41) is 12.1. The molecule has 0 aliphatic heterocycles. The van der Waals surface area contributed by atoms with E-state index in [1.54, 1.807) is 32.3 Å². The minimum atomic E-state index is -0.345. The largest absolute Gasteiger partial charge is 0.494 e. The van der Waals surface area contributed by atoms with Crippen LogP contribution < -0.4 is 26.0 Å². The number of rotatable bonds is 4. The minimum absolute atomic E-state index is 0.328. The van der Waals surface area contributed by atoms with E-state index in [1.165, 1.54) is 0 Å². The summed E-state index contributed by atoms with van der Waals surface area (Å²) in [7, 11) is 3.09. The zero-order chi connectivity index (χ0) is 19.4. The van der Waals surface area contributed by atoms with E-state index in [0.717, 1.165) is 5.39 Å². The van der Waals surface area contributed by atoms with E-state index in [-0.39, 0.29) is 12.1 Å². The topological polar surface area (TPSA) is 104 Å². The molecule has 4 N–H and O–H groups in total. The zero-order valence-corrected chi connectivity index (χ0v) is 15.3. The Hall–Kier alpha value is -3.55. The van der Waals surface area contributed by atoms with Crippen LogP contribution in [0.2, 0.25) is 0 Å². The molecule has 0 spiro atoms. The van der Waals surface area contributed by atoms with Crippen LogP contribution >= 0.6 is 0 Å². The van der Waals surface area contributed by atoms with Crippen LogP contribution in [0.4, 0.5) is 21.0 Å². The van der Waals surface area contributed by atoms with Gasteiger partial charge >= 0.3 is 12.1 Å². The lowest BCUT2D eigenvalue weighted by molar-refractivity contribution is 0.253. The molecule has 0 fully saturated rings. The number of hydrogen-bond donors (Lipinski definition) is 4. The highest BCUT2D eigenvalue weighted by atomic mass is 16.5. The van der Waals surface area contributed by atoms with E-state index >= 15 is 0 Å². The average Bonchev–Trinajstić information content (AvgIpc) is 2.68. The Labute approximate surface area is 156 Å². The van der Waals surface area contributed by atoms with Gasteiger partial charge in [0.25, 0.3) is 0 Å². The van der Waals surface area contributed by atoms with Crippen molar-refractivity contribution in [3.63, 3.8) is 0 Å². The average molecular weight is 367 g/mol. The molecule has 1 aromatic heterocycles. The molecule has 3 aromatic rings. The number of urea groups is 2. The predicted octanol–water partition coefficient (Wildman–Crippen LogP) is 3.29. The van der Waals surface area contributed by atoms with E-state index in [9.17, 15) is 9.59 Å². The van der Waals surface area contributed by atoms with Gasteiger partial charge in [-0.3, -0.25) is 0 Å². The van der Waals surface area contributed by atoms with Crippen molar-refractivity contribution >= 4 is 45.2 Å². The maximum absolute atomic E-state index is 12.0. The summed E-state index contributed by atoms with van der Waals surface area (Å²) in [6.07, 6.45) is 0. The molecule has 8 heteroatoms. The van der Waals surface area contributed by atoms with Crippen LogP contribution in [0.3, 0.4) is 0 Å². The van der Waals surface area contributed by atoms with Gasteiger partial charge < -0.3 is 26.0 Å². The summed E-state index contributed by atoms with van der Waals surface area (Å²) in [5.41, 5.74) is 2.59. The number of anilines is 2. The number of fused-ring (bicyclic) bond motifs is 2. The maximum Gasteiger partial charge on any atom is 0.319 e. The molecule has 1 heterocycles. The number of carbonyl (C=O) groups excluding carboxylic acids is 2. The van der Waals surface area contributed by atoms with Crippen molar-refractivity contribution in [2.24, 2.45) is 0 Å². The Morgan fingerprint density at radius 1 is 0.926 bits per heavy atom. The summed E-state index contributed by atoms with van der Waals surface area (Å²) < 4.78 is 5.55. The summed E-state index contributed by atoms with van der Waals surface area (Å²) in [6.45, 7) is 2.47. The van der Waals surface area contributed by atoms with Crippen molar-refractivity contribution in [2.75, 3.05) is 31.3 Å². The highest BCUT2D eigenvalue weighted by molar-refractivity contribution is 6.13. The molecule has 0 aliphatic carbocycles. The minimum Gasteiger partial charge on any atom is -0.494 e. The zero-order valence-electron chi connectivity index (χ0n) is 15.3. The third kappa shape index (κ3) is 3.84. The number of pyridine rings is 1. The van der Waals surface area contributed by atoms with Crippen molar-refractivity contribution in [2.45, 2.75) is 6.92 Å². The highest BCUT2D eigenvalue weighted by Gasteiger charge is 2.13. The second-order valence-corrected chi connectivity index (χ2v) is 5.74. The Morgan fingerprint density at radius 3 is 2.37 bits per heavy atom. The third-order valence-electron chi connectivity index (χ3n) is 4.01. The van der Waals surface area contributed by atoms with Gasteiger partial charge in [-0.25, -0.2) is 14.6 Å². The molecule has 0 bridgehead atoms. The van der Waals surface area contributed by atoms with Crippen LogP contribution in [-0.2, 0) is 0 Å². The van der Waals surface area contributed by atoms with Gasteiger partial charge in [-0.1, -0.05) is 0 Å². The molecule has 140 valence electrons. The van der Waals surface area contributed by atoms with Crippen molar-refractivity contribution in [3.05, 3.63) is 36.4 Å². The van der Waals surface area contributed by atoms with E-state index < -0.39 is 0 Å². The second-order valence-electron chi connectivity index (χ2n) is 5.74. The fourth-order valence-electron chi connectivity index (χ4n) is 2.76. The fourth-order valence-corrected chi connectivity index (χ4v) is 2.76. The summed E-state index contributed by atoms with van der Waals surface area (Å²) in [6, 6.07) is 10.2. The van der Waals surface area contributed by atoms with Crippen LogP contribution in [0, 0.1) is 0 Å². The van der Waals surface area contributed by atoms with Gasteiger partial charge in [-0.2, -0.15) is 0 Å². The first-order valence-electron chi connectivity index (χ1n) is 8.53. The highest BCUT2D eigenvalue weighted by Crippen LogP contribution is 2.34.